The first kappa shape index (κ1) is 17.7. The van der Waals surface area contributed by atoms with Crippen molar-refractivity contribution in [2.45, 2.75) is 44.2 Å². The summed E-state index contributed by atoms with van der Waals surface area (Å²) in [4.78, 5) is 17.1. The predicted molar refractivity (Wildman–Crippen MR) is 95.2 cm³/mol. The van der Waals surface area contributed by atoms with Gasteiger partial charge in [-0.15, -0.1) is 0 Å². The van der Waals surface area contributed by atoms with Crippen molar-refractivity contribution in [3.8, 4) is 0 Å². The van der Waals surface area contributed by atoms with Gasteiger partial charge in [-0.1, -0.05) is 25.0 Å². The summed E-state index contributed by atoms with van der Waals surface area (Å²) in [6.45, 7) is 2.71. The van der Waals surface area contributed by atoms with E-state index in [1.54, 1.807) is 12.1 Å². The van der Waals surface area contributed by atoms with Gasteiger partial charge >= 0.3 is 6.03 Å². The number of morpholine rings is 1. The molecular weight excluding hydrogens is 335 g/mol. The molecule has 1 aliphatic carbocycles. The second-order valence-corrected chi connectivity index (χ2v) is 7.91. The summed E-state index contributed by atoms with van der Waals surface area (Å²) >= 11 is 0. The molecule has 6 heteroatoms. The molecule has 0 unspecified atom stereocenters. The minimum Gasteiger partial charge on any atom is -0.392 e. The van der Waals surface area contributed by atoms with Crippen LogP contribution in [0.4, 0.5) is 9.18 Å². The molecule has 26 heavy (non-hydrogen) atoms. The van der Waals surface area contributed by atoms with Crippen LogP contribution in [-0.2, 0) is 4.74 Å². The summed E-state index contributed by atoms with van der Waals surface area (Å²) < 4.78 is 18.9. The molecule has 5 nitrogen and oxygen atoms in total. The zero-order chi connectivity index (χ0) is 18.1. The maximum absolute atomic E-state index is 13.3. The van der Waals surface area contributed by atoms with Crippen LogP contribution in [0.3, 0.4) is 0 Å². The number of carbonyl (C=O) groups excluding carboxylic acids is 1. The number of likely N-dealkylation sites (tertiary alicyclic amines) is 1. The summed E-state index contributed by atoms with van der Waals surface area (Å²) in [6, 6.07) is 6.14. The van der Waals surface area contributed by atoms with Gasteiger partial charge in [-0.05, 0) is 37.0 Å². The Labute approximate surface area is 153 Å². The number of halogens is 1. The van der Waals surface area contributed by atoms with Crippen LogP contribution in [0.5, 0.6) is 0 Å². The largest absolute Gasteiger partial charge is 0.392 e. The lowest BCUT2D eigenvalue weighted by Gasteiger charge is -2.47. The van der Waals surface area contributed by atoms with E-state index in [9.17, 15) is 14.3 Å². The summed E-state index contributed by atoms with van der Waals surface area (Å²) in [7, 11) is 0. The van der Waals surface area contributed by atoms with Gasteiger partial charge in [0.1, 0.15) is 5.82 Å². The molecule has 1 spiro atoms. The van der Waals surface area contributed by atoms with Crippen molar-refractivity contribution in [1.82, 2.24) is 9.80 Å². The van der Waals surface area contributed by atoms with Crippen LogP contribution in [0.15, 0.2) is 24.3 Å². The lowest BCUT2D eigenvalue weighted by atomic mass is 9.76. The van der Waals surface area contributed by atoms with Crippen LogP contribution >= 0.6 is 0 Å². The maximum atomic E-state index is 13.3. The molecule has 2 atom stereocenters. The van der Waals surface area contributed by atoms with Crippen molar-refractivity contribution < 1.29 is 19.0 Å². The molecule has 2 heterocycles. The molecule has 1 aromatic carbocycles. The van der Waals surface area contributed by atoms with Crippen molar-refractivity contribution in [1.29, 1.82) is 0 Å². The number of nitrogens with zero attached hydrogens (tertiary/aromatic N) is 2. The maximum Gasteiger partial charge on any atom is 0.320 e. The topological polar surface area (TPSA) is 53.0 Å². The number of rotatable bonds is 1. The highest BCUT2D eigenvalue weighted by atomic mass is 19.1. The number of aliphatic hydroxyl groups excluding tert-OH is 1. The van der Waals surface area contributed by atoms with Crippen molar-refractivity contribution in [2.75, 3.05) is 32.8 Å². The number of amides is 2. The fourth-order valence-corrected chi connectivity index (χ4v) is 4.86. The van der Waals surface area contributed by atoms with Crippen LogP contribution in [0.25, 0.3) is 0 Å². The Morgan fingerprint density at radius 3 is 2.65 bits per heavy atom. The zero-order valence-electron chi connectivity index (χ0n) is 15.1. The quantitative estimate of drug-likeness (QED) is 0.836. The number of carbonyl (C=O) groups is 1. The minimum absolute atomic E-state index is 0.0146. The second kappa shape index (κ2) is 7.16. The summed E-state index contributed by atoms with van der Waals surface area (Å²) in [6.07, 6.45) is 4.62. The molecule has 1 saturated carbocycles. The fraction of sp³-hybridized carbons (Fsp3) is 0.650. The Morgan fingerprint density at radius 1 is 1.19 bits per heavy atom. The van der Waals surface area contributed by atoms with E-state index in [2.05, 4.69) is 0 Å². The van der Waals surface area contributed by atoms with E-state index in [0.29, 0.717) is 39.3 Å². The first-order chi connectivity index (χ1) is 12.6. The third-order valence-corrected chi connectivity index (χ3v) is 6.38. The van der Waals surface area contributed by atoms with E-state index in [-0.39, 0.29) is 29.4 Å². The molecule has 3 fully saturated rings. The van der Waals surface area contributed by atoms with E-state index >= 15 is 0 Å². The monoisotopic (exact) mass is 362 g/mol. The van der Waals surface area contributed by atoms with Crippen molar-refractivity contribution >= 4 is 6.03 Å². The highest BCUT2D eigenvalue weighted by Gasteiger charge is 2.46. The number of hydrogen-bond acceptors (Lipinski definition) is 3. The third kappa shape index (κ3) is 3.21. The highest BCUT2D eigenvalue weighted by molar-refractivity contribution is 5.75. The van der Waals surface area contributed by atoms with Gasteiger partial charge in [0.25, 0.3) is 0 Å². The molecule has 1 N–H and O–H groups in total. The summed E-state index contributed by atoms with van der Waals surface area (Å²) in [5, 5.41) is 10.5. The van der Waals surface area contributed by atoms with E-state index in [1.807, 2.05) is 9.80 Å². The first-order valence-electron chi connectivity index (χ1n) is 9.66. The molecule has 2 aliphatic heterocycles. The third-order valence-electron chi connectivity index (χ3n) is 6.38. The average molecular weight is 362 g/mol. The van der Waals surface area contributed by atoms with Crippen molar-refractivity contribution in [2.24, 2.45) is 5.41 Å². The Hall–Kier alpha value is -1.66. The lowest BCUT2D eigenvalue weighted by molar-refractivity contribution is -0.0445. The molecule has 0 bridgehead atoms. The number of hydrogen-bond donors (Lipinski definition) is 1. The standard InChI is InChI=1S/C20H27FN2O3/c21-16-5-3-15(4-6-16)17-13-26-12-11-23(17)19(25)22-10-7-18(24)20(14-22)8-1-2-9-20/h3-6,17-18,24H,1-2,7-14H2/t17-,18-/m0/s1. The molecular formula is C20H27FN2O3. The van der Waals surface area contributed by atoms with Crippen molar-refractivity contribution in [3.05, 3.63) is 35.6 Å². The van der Waals surface area contributed by atoms with Gasteiger partial charge in [0.05, 0.1) is 25.4 Å². The Bertz CT molecular complexity index is 645. The average Bonchev–Trinajstić information content (AvgIpc) is 3.13. The van der Waals surface area contributed by atoms with E-state index in [4.69, 9.17) is 4.74 Å². The van der Waals surface area contributed by atoms with Crippen LogP contribution in [0, 0.1) is 11.2 Å². The van der Waals surface area contributed by atoms with E-state index in [0.717, 1.165) is 31.2 Å². The van der Waals surface area contributed by atoms with E-state index in [1.165, 1.54) is 12.1 Å². The summed E-state index contributed by atoms with van der Waals surface area (Å²) in [5.41, 5.74) is 0.776. The number of ether oxygens (including phenoxy) is 1. The van der Waals surface area contributed by atoms with Gasteiger partial charge in [0.15, 0.2) is 0 Å². The van der Waals surface area contributed by atoms with Gasteiger partial charge in [-0.3, -0.25) is 0 Å². The zero-order valence-corrected chi connectivity index (χ0v) is 15.1. The van der Waals surface area contributed by atoms with Crippen LogP contribution in [0.1, 0.15) is 43.7 Å². The van der Waals surface area contributed by atoms with Crippen molar-refractivity contribution in [3.63, 3.8) is 0 Å². The smallest absolute Gasteiger partial charge is 0.320 e. The Morgan fingerprint density at radius 2 is 1.92 bits per heavy atom. The molecule has 0 aromatic heterocycles. The number of urea groups is 1. The predicted octanol–water partition coefficient (Wildman–Crippen LogP) is 2.95. The van der Waals surface area contributed by atoms with Gasteiger partial charge in [-0.25, -0.2) is 9.18 Å². The van der Waals surface area contributed by atoms with Crippen LogP contribution in [0.2, 0.25) is 0 Å². The summed E-state index contributed by atoms with van der Waals surface area (Å²) in [5.74, 6) is -0.281. The molecule has 0 radical (unpaired) electrons. The molecule has 2 saturated heterocycles. The van der Waals surface area contributed by atoms with Gasteiger partial charge < -0.3 is 19.6 Å². The van der Waals surface area contributed by atoms with Gasteiger partial charge in [0.2, 0.25) is 0 Å². The number of aliphatic hydroxyl groups is 1. The highest BCUT2D eigenvalue weighted by Crippen LogP contribution is 2.45. The van der Waals surface area contributed by atoms with Crippen LogP contribution < -0.4 is 0 Å². The van der Waals surface area contributed by atoms with Gasteiger partial charge in [0, 0.05) is 25.0 Å². The number of piperidine rings is 1. The van der Waals surface area contributed by atoms with Crippen LogP contribution in [-0.4, -0.2) is 59.9 Å². The second-order valence-electron chi connectivity index (χ2n) is 7.91. The fourth-order valence-electron chi connectivity index (χ4n) is 4.86. The molecule has 1 aromatic rings. The molecule has 142 valence electrons. The Balaban J connectivity index is 1.52. The Kier molecular flexibility index (Phi) is 4.88. The van der Waals surface area contributed by atoms with Gasteiger partial charge in [-0.2, -0.15) is 0 Å². The minimum atomic E-state index is -0.299. The molecule has 3 aliphatic rings. The first-order valence-corrected chi connectivity index (χ1v) is 9.66. The molecule has 2 amide bonds. The SMILES string of the molecule is O=C(N1CC[C@H](O)C2(CCCC2)C1)N1CCOC[C@H]1c1ccc(F)cc1. The lowest BCUT2D eigenvalue weighted by Crippen LogP contribution is -2.57. The molecule has 4 rings (SSSR count). The normalized spacial score (nSPS) is 28.5. The number of benzene rings is 1. The van der Waals surface area contributed by atoms with E-state index < -0.39 is 0 Å².